The normalized spacial score (nSPS) is 11.6. The Labute approximate surface area is 163 Å². The Morgan fingerprint density at radius 1 is 1.07 bits per heavy atom. The zero-order chi connectivity index (χ0) is 20.0. The first-order valence-electron chi connectivity index (χ1n) is 8.54. The van der Waals surface area contributed by atoms with Crippen LogP contribution in [0.3, 0.4) is 0 Å². The van der Waals surface area contributed by atoms with Crippen LogP contribution in [0, 0.1) is 0 Å². The molecule has 0 atom stereocenters. The number of sulfonamides is 1. The highest BCUT2D eigenvalue weighted by molar-refractivity contribution is 7.89. The van der Waals surface area contributed by atoms with E-state index < -0.39 is 15.9 Å². The molecule has 0 fully saturated rings. The molecule has 144 valence electrons. The molecule has 0 aliphatic rings. The highest BCUT2D eigenvalue weighted by Gasteiger charge is 2.16. The van der Waals surface area contributed by atoms with Crippen molar-refractivity contribution in [3.8, 4) is 0 Å². The number of carbonyl (C=O) groups excluding carboxylic acids is 1. The monoisotopic (exact) mass is 396 g/mol. The quantitative estimate of drug-likeness (QED) is 0.474. The lowest BCUT2D eigenvalue weighted by Gasteiger charge is -2.08. The number of amides is 1. The molecule has 0 saturated heterocycles. The lowest BCUT2D eigenvalue weighted by atomic mass is 10.2. The van der Waals surface area contributed by atoms with Gasteiger partial charge in [0.25, 0.3) is 5.91 Å². The van der Waals surface area contributed by atoms with Gasteiger partial charge in [-0.05, 0) is 35.9 Å². The van der Waals surface area contributed by atoms with Crippen molar-refractivity contribution in [1.82, 2.24) is 14.7 Å². The van der Waals surface area contributed by atoms with E-state index in [1.165, 1.54) is 30.5 Å². The second kappa shape index (κ2) is 8.64. The van der Waals surface area contributed by atoms with E-state index in [-0.39, 0.29) is 17.0 Å². The Kier molecular flexibility index (Phi) is 6.03. The minimum atomic E-state index is -3.75. The average Bonchev–Trinajstić information content (AvgIpc) is 3.12. The number of rotatable bonds is 7. The van der Waals surface area contributed by atoms with Crippen LogP contribution in [-0.4, -0.2) is 25.1 Å². The second-order valence-electron chi connectivity index (χ2n) is 6.08. The highest BCUT2D eigenvalue weighted by atomic mass is 32.2. The molecule has 2 aromatic carbocycles. The molecule has 0 radical (unpaired) electrons. The zero-order valence-corrected chi connectivity index (χ0v) is 16.1. The first-order valence-corrected chi connectivity index (χ1v) is 10.0. The van der Waals surface area contributed by atoms with Gasteiger partial charge in [-0.3, -0.25) is 4.79 Å². The lowest BCUT2D eigenvalue weighted by molar-refractivity contribution is 0.0955. The van der Waals surface area contributed by atoms with E-state index in [4.69, 9.17) is 0 Å². The number of benzene rings is 2. The van der Waals surface area contributed by atoms with Crippen molar-refractivity contribution in [3.05, 3.63) is 89.7 Å². The summed E-state index contributed by atoms with van der Waals surface area (Å²) < 4.78 is 29.4. The van der Waals surface area contributed by atoms with Crippen LogP contribution in [0.15, 0.2) is 82.9 Å². The highest BCUT2D eigenvalue weighted by Crippen LogP contribution is 2.12. The van der Waals surface area contributed by atoms with Crippen LogP contribution in [-0.2, 0) is 23.6 Å². The third-order valence-corrected chi connectivity index (χ3v) is 5.46. The molecule has 0 aliphatic heterocycles. The molecule has 0 aliphatic carbocycles. The Morgan fingerprint density at radius 2 is 1.86 bits per heavy atom. The van der Waals surface area contributed by atoms with Crippen molar-refractivity contribution in [2.45, 2.75) is 11.4 Å². The van der Waals surface area contributed by atoms with Gasteiger partial charge in [-0.2, -0.15) is 5.10 Å². The van der Waals surface area contributed by atoms with Crippen molar-refractivity contribution in [2.75, 3.05) is 0 Å². The Morgan fingerprint density at radius 3 is 2.57 bits per heavy atom. The SMILES string of the molecule is Cn1cccc1/C=N\NC(=O)c1cccc(S(=O)(=O)NCc2ccccc2)c1. The summed E-state index contributed by atoms with van der Waals surface area (Å²) in [6, 6.07) is 18.7. The number of hydrogen-bond acceptors (Lipinski definition) is 4. The van der Waals surface area contributed by atoms with Crippen LogP contribution in [0.1, 0.15) is 21.6 Å². The summed E-state index contributed by atoms with van der Waals surface area (Å²) in [5.41, 5.74) is 4.27. The third kappa shape index (κ3) is 4.93. The molecule has 0 spiro atoms. The third-order valence-electron chi connectivity index (χ3n) is 4.06. The number of aryl methyl sites for hydroxylation is 1. The van der Waals surface area contributed by atoms with Gasteiger partial charge in [0.05, 0.1) is 16.8 Å². The minimum Gasteiger partial charge on any atom is -0.350 e. The summed E-state index contributed by atoms with van der Waals surface area (Å²) in [6.07, 6.45) is 3.37. The summed E-state index contributed by atoms with van der Waals surface area (Å²) in [6.45, 7) is 0.167. The van der Waals surface area contributed by atoms with Crippen molar-refractivity contribution < 1.29 is 13.2 Å². The number of nitrogens with zero attached hydrogens (tertiary/aromatic N) is 2. The maximum Gasteiger partial charge on any atom is 0.271 e. The van der Waals surface area contributed by atoms with Crippen LogP contribution in [0.5, 0.6) is 0 Å². The molecule has 2 N–H and O–H groups in total. The van der Waals surface area contributed by atoms with Gasteiger partial charge in [0.15, 0.2) is 0 Å². The molecule has 0 saturated carbocycles. The number of nitrogens with one attached hydrogen (secondary N) is 2. The van der Waals surface area contributed by atoms with Crippen molar-refractivity contribution in [1.29, 1.82) is 0 Å². The van der Waals surface area contributed by atoms with Gasteiger partial charge in [0.1, 0.15) is 0 Å². The Bertz CT molecular complexity index is 1090. The number of aromatic nitrogens is 1. The topological polar surface area (TPSA) is 92.6 Å². The molecule has 1 aromatic heterocycles. The maximum absolute atomic E-state index is 12.5. The molecule has 0 bridgehead atoms. The number of hydrogen-bond donors (Lipinski definition) is 2. The van der Waals surface area contributed by atoms with Crippen molar-refractivity contribution in [2.24, 2.45) is 12.1 Å². The second-order valence-corrected chi connectivity index (χ2v) is 7.85. The van der Waals surface area contributed by atoms with Crippen molar-refractivity contribution in [3.63, 3.8) is 0 Å². The summed E-state index contributed by atoms with van der Waals surface area (Å²) in [7, 11) is -1.89. The van der Waals surface area contributed by atoms with Crippen LogP contribution in [0.4, 0.5) is 0 Å². The van der Waals surface area contributed by atoms with Gasteiger partial charge in [-0.1, -0.05) is 36.4 Å². The van der Waals surface area contributed by atoms with Gasteiger partial charge in [-0.25, -0.2) is 18.6 Å². The number of hydrazone groups is 1. The molecule has 3 rings (SSSR count). The fourth-order valence-electron chi connectivity index (χ4n) is 2.49. The summed E-state index contributed by atoms with van der Waals surface area (Å²) >= 11 is 0. The van der Waals surface area contributed by atoms with E-state index in [0.29, 0.717) is 0 Å². The van der Waals surface area contributed by atoms with Crippen molar-refractivity contribution >= 4 is 22.1 Å². The Balaban J connectivity index is 1.67. The molecule has 3 aromatic rings. The largest absolute Gasteiger partial charge is 0.350 e. The van der Waals surface area contributed by atoms with E-state index in [2.05, 4.69) is 15.2 Å². The zero-order valence-electron chi connectivity index (χ0n) is 15.2. The van der Waals surface area contributed by atoms with E-state index in [0.717, 1.165) is 11.3 Å². The fourth-order valence-corrected chi connectivity index (χ4v) is 3.56. The molecular formula is C20H20N4O3S. The average molecular weight is 396 g/mol. The molecule has 7 nitrogen and oxygen atoms in total. The molecule has 0 unspecified atom stereocenters. The first kappa shape index (κ1) is 19.5. The van der Waals surface area contributed by atoms with Gasteiger partial charge < -0.3 is 4.57 Å². The van der Waals surface area contributed by atoms with Crippen LogP contribution in [0.25, 0.3) is 0 Å². The molecule has 1 amide bonds. The van der Waals surface area contributed by atoms with E-state index in [9.17, 15) is 13.2 Å². The lowest BCUT2D eigenvalue weighted by Crippen LogP contribution is -2.24. The van der Waals surface area contributed by atoms with Gasteiger partial charge in [0, 0.05) is 25.4 Å². The molecular weight excluding hydrogens is 376 g/mol. The summed E-state index contributed by atoms with van der Waals surface area (Å²) in [5, 5.41) is 3.91. The summed E-state index contributed by atoms with van der Waals surface area (Å²) in [5.74, 6) is -0.495. The van der Waals surface area contributed by atoms with Gasteiger partial charge in [0.2, 0.25) is 10.0 Å². The predicted molar refractivity (Wildman–Crippen MR) is 107 cm³/mol. The smallest absolute Gasteiger partial charge is 0.271 e. The van der Waals surface area contributed by atoms with Crippen LogP contribution < -0.4 is 10.1 Å². The first-order chi connectivity index (χ1) is 13.5. The maximum atomic E-state index is 12.5. The van der Waals surface area contributed by atoms with Gasteiger partial charge in [-0.15, -0.1) is 0 Å². The van der Waals surface area contributed by atoms with E-state index in [1.54, 1.807) is 0 Å². The van der Waals surface area contributed by atoms with Crippen LogP contribution >= 0.6 is 0 Å². The van der Waals surface area contributed by atoms with E-state index in [1.807, 2.05) is 60.3 Å². The molecule has 28 heavy (non-hydrogen) atoms. The van der Waals surface area contributed by atoms with Crippen LogP contribution in [0.2, 0.25) is 0 Å². The summed E-state index contributed by atoms with van der Waals surface area (Å²) in [4.78, 5) is 12.3. The minimum absolute atomic E-state index is 0.0162. The standard InChI is InChI=1S/C20H20N4O3S/c1-24-12-6-10-18(24)15-21-23-20(25)17-9-5-11-19(13-17)28(26,27)22-14-16-7-3-2-4-8-16/h2-13,15,22H,14H2,1H3,(H,23,25)/b21-15-. The van der Waals surface area contributed by atoms with Gasteiger partial charge >= 0.3 is 0 Å². The molecule has 1 heterocycles. The van der Waals surface area contributed by atoms with E-state index >= 15 is 0 Å². The molecule has 8 heteroatoms. The predicted octanol–water partition coefficient (Wildman–Crippen LogP) is 2.27. The number of carbonyl (C=O) groups is 1. The fraction of sp³-hybridized carbons (Fsp3) is 0.100. The Hall–Kier alpha value is -3.23.